The van der Waals surface area contributed by atoms with E-state index in [1.54, 1.807) is 18.3 Å². The quantitative estimate of drug-likeness (QED) is 0.618. The molecule has 6 nitrogen and oxygen atoms in total. The number of carbonyl (C=O) groups excluding carboxylic acids is 1. The fraction of sp³-hybridized carbons (Fsp3) is 0.269. The van der Waals surface area contributed by atoms with Crippen molar-refractivity contribution in [2.45, 2.75) is 18.9 Å². The highest BCUT2D eigenvalue weighted by molar-refractivity contribution is 5.75. The number of nitrogens with zero attached hydrogens (tertiary/aromatic N) is 3. The number of hydrogen-bond acceptors (Lipinski definition) is 4. The molecule has 0 radical (unpaired) electrons. The number of urea groups is 1. The summed E-state index contributed by atoms with van der Waals surface area (Å²) in [4.78, 5) is 19.3. The van der Waals surface area contributed by atoms with Crippen LogP contribution in [0, 0.1) is 17.2 Å². The fourth-order valence-electron chi connectivity index (χ4n) is 4.15. The van der Waals surface area contributed by atoms with Crippen LogP contribution in [0.3, 0.4) is 0 Å². The molecule has 0 spiro atoms. The van der Waals surface area contributed by atoms with Gasteiger partial charge in [-0.1, -0.05) is 60.7 Å². The van der Waals surface area contributed by atoms with Crippen molar-refractivity contribution in [3.63, 3.8) is 0 Å². The third-order valence-corrected chi connectivity index (χ3v) is 5.91. The molecule has 2 heterocycles. The molecule has 2 amide bonds. The van der Waals surface area contributed by atoms with E-state index in [1.165, 1.54) is 0 Å². The summed E-state index contributed by atoms with van der Waals surface area (Å²) >= 11 is 0. The molecular formula is C26H27N5O. The van der Waals surface area contributed by atoms with Crippen LogP contribution in [0.2, 0.25) is 0 Å². The molecule has 2 N–H and O–H groups in total. The van der Waals surface area contributed by atoms with E-state index in [0.717, 1.165) is 42.9 Å². The highest BCUT2D eigenvalue weighted by atomic mass is 16.2. The van der Waals surface area contributed by atoms with E-state index >= 15 is 0 Å². The number of pyridine rings is 1. The van der Waals surface area contributed by atoms with Gasteiger partial charge < -0.3 is 15.5 Å². The van der Waals surface area contributed by atoms with Crippen LogP contribution in [0.15, 0.2) is 79.0 Å². The summed E-state index contributed by atoms with van der Waals surface area (Å²) in [5, 5.41) is 15.5. The van der Waals surface area contributed by atoms with Crippen molar-refractivity contribution in [3.05, 3.63) is 95.7 Å². The number of rotatable bonds is 6. The molecule has 3 aromatic rings. The predicted octanol–water partition coefficient (Wildman–Crippen LogP) is 4.26. The van der Waals surface area contributed by atoms with Gasteiger partial charge in [0.05, 0.1) is 11.6 Å². The number of hydrogen-bond donors (Lipinski definition) is 2. The molecule has 1 saturated heterocycles. The van der Waals surface area contributed by atoms with Gasteiger partial charge in [-0.25, -0.2) is 9.78 Å². The highest BCUT2D eigenvalue weighted by Gasteiger charge is 2.23. The van der Waals surface area contributed by atoms with Gasteiger partial charge in [0.25, 0.3) is 0 Å². The molecule has 6 heteroatoms. The van der Waals surface area contributed by atoms with Crippen LogP contribution in [0.25, 0.3) is 0 Å². The van der Waals surface area contributed by atoms with Crippen LogP contribution in [-0.2, 0) is 0 Å². The largest absolute Gasteiger partial charge is 0.356 e. The minimum atomic E-state index is -0.201. The first-order valence-electron chi connectivity index (χ1n) is 11.0. The minimum absolute atomic E-state index is 0.165. The van der Waals surface area contributed by atoms with E-state index in [0.29, 0.717) is 18.0 Å². The zero-order valence-electron chi connectivity index (χ0n) is 17.9. The second-order valence-electron chi connectivity index (χ2n) is 8.03. The summed E-state index contributed by atoms with van der Waals surface area (Å²) in [6.45, 7) is 2.29. The normalized spacial score (nSPS) is 14.1. The average molecular weight is 426 g/mol. The Kier molecular flexibility index (Phi) is 6.98. The topological polar surface area (TPSA) is 81.1 Å². The standard InChI is InChI=1S/C26H27N5O/c27-18-23-12-7-15-28-25(23)31-16-13-20(14-17-31)19-29-26(32)30-24(21-8-3-1-4-9-21)22-10-5-2-6-11-22/h1-12,15,20,24H,13-14,16-17,19H2,(H2,29,30,32). The van der Waals surface area contributed by atoms with Crippen molar-refractivity contribution in [1.29, 1.82) is 5.26 Å². The predicted molar refractivity (Wildman–Crippen MR) is 125 cm³/mol. The fourth-order valence-corrected chi connectivity index (χ4v) is 4.15. The molecule has 1 aliphatic heterocycles. The van der Waals surface area contributed by atoms with E-state index in [2.05, 4.69) is 26.6 Å². The van der Waals surface area contributed by atoms with E-state index in [9.17, 15) is 10.1 Å². The monoisotopic (exact) mass is 425 g/mol. The first kappa shape index (κ1) is 21.4. The lowest BCUT2D eigenvalue weighted by molar-refractivity contribution is 0.235. The zero-order valence-corrected chi connectivity index (χ0v) is 17.9. The van der Waals surface area contributed by atoms with Crippen LogP contribution in [0.1, 0.15) is 35.6 Å². The summed E-state index contributed by atoms with van der Waals surface area (Å²) in [5.74, 6) is 1.16. The Hall–Kier alpha value is -3.85. The van der Waals surface area contributed by atoms with Crippen molar-refractivity contribution >= 4 is 11.8 Å². The number of amides is 2. The Balaban J connectivity index is 1.31. The van der Waals surface area contributed by atoms with Gasteiger partial charge in [0.15, 0.2) is 0 Å². The highest BCUT2D eigenvalue weighted by Crippen LogP contribution is 2.24. The van der Waals surface area contributed by atoms with Gasteiger partial charge >= 0.3 is 6.03 Å². The van der Waals surface area contributed by atoms with Gasteiger partial charge in [-0.15, -0.1) is 0 Å². The molecule has 2 aromatic carbocycles. The van der Waals surface area contributed by atoms with Crippen molar-refractivity contribution < 1.29 is 4.79 Å². The summed E-state index contributed by atoms with van der Waals surface area (Å²) in [5.41, 5.74) is 2.70. The summed E-state index contributed by atoms with van der Waals surface area (Å²) in [6, 6.07) is 25.4. The van der Waals surface area contributed by atoms with Gasteiger partial charge in [-0.2, -0.15) is 5.26 Å². The molecule has 1 aliphatic rings. The molecule has 4 rings (SSSR count). The van der Waals surface area contributed by atoms with Crippen molar-refractivity contribution in [3.8, 4) is 6.07 Å². The van der Waals surface area contributed by atoms with Gasteiger partial charge in [-0.05, 0) is 42.0 Å². The van der Waals surface area contributed by atoms with Crippen LogP contribution in [0.5, 0.6) is 0 Å². The lowest BCUT2D eigenvalue weighted by Crippen LogP contribution is -2.43. The molecule has 0 atom stereocenters. The molecule has 0 aliphatic carbocycles. The van der Waals surface area contributed by atoms with Crippen LogP contribution in [-0.4, -0.2) is 30.6 Å². The number of nitriles is 1. The lowest BCUT2D eigenvalue weighted by atomic mass is 9.96. The van der Waals surface area contributed by atoms with E-state index in [1.807, 2.05) is 60.7 Å². The maximum Gasteiger partial charge on any atom is 0.315 e. The first-order chi connectivity index (χ1) is 15.7. The van der Waals surface area contributed by atoms with Gasteiger partial charge in [0, 0.05) is 25.8 Å². The number of benzene rings is 2. The second kappa shape index (κ2) is 10.5. The Labute approximate surface area is 188 Å². The number of nitrogens with one attached hydrogen (secondary N) is 2. The van der Waals surface area contributed by atoms with Crippen LogP contribution >= 0.6 is 0 Å². The Morgan fingerprint density at radius 1 is 1.00 bits per heavy atom. The van der Waals surface area contributed by atoms with Crippen molar-refractivity contribution in [2.75, 3.05) is 24.5 Å². The Bertz CT molecular complexity index is 1020. The number of carbonyl (C=O) groups is 1. The van der Waals surface area contributed by atoms with Crippen LogP contribution in [0.4, 0.5) is 10.6 Å². The summed E-state index contributed by atoms with van der Waals surface area (Å²) in [7, 11) is 0. The third-order valence-electron chi connectivity index (χ3n) is 5.91. The smallest absolute Gasteiger partial charge is 0.315 e. The van der Waals surface area contributed by atoms with Crippen molar-refractivity contribution in [1.82, 2.24) is 15.6 Å². The van der Waals surface area contributed by atoms with Gasteiger partial charge in [0.1, 0.15) is 11.9 Å². The van der Waals surface area contributed by atoms with E-state index in [4.69, 9.17) is 0 Å². The molecule has 32 heavy (non-hydrogen) atoms. The molecule has 162 valence electrons. The van der Waals surface area contributed by atoms with E-state index in [-0.39, 0.29) is 12.1 Å². The third kappa shape index (κ3) is 5.25. The van der Waals surface area contributed by atoms with Crippen LogP contribution < -0.4 is 15.5 Å². The van der Waals surface area contributed by atoms with Gasteiger partial charge in [0.2, 0.25) is 0 Å². The molecular weight excluding hydrogens is 398 g/mol. The maximum atomic E-state index is 12.7. The SMILES string of the molecule is N#Cc1cccnc1N1CCC(CNC(=O)NC(c2ccccc2)c2ccccc2)CC1. The molecule has 0 unspecified atom stereocenters. The Morgan fingerprint density at radius 3 is 2.22 bits per heavy atom. The molecule has 0 bridgehead atoms. The number of piperidine rings is 1. The average Bonchev–Trinajstić information content (AvgIpc) is 2.87. The van der Waals surface area contributed by atoms with Gasteiger partial charge in [-0.3, -0.25) is 0 Å². The molecule has 1 fully saturated rings. The number of aromatic nitrogens is 1. The second-order valence-corrected chi connectivity index (χ2v) is 8.03. The lowest BCUT2D eigenvalue weighted by Gasteiger charge is -2.33. The van der Waals surface area contributed by atoms with E-state index < -0.39 is 0 Å². The summed E-state index contributed by atoms with van der Waals surface area (Å²) in [6.07, 6.45) is 3.62. The minimum Gasteiger partial charge on any atom is -0.356 e. The number of anilines is 1. The summed E-state index contributed by atoms with van der Waals surface area (Å²) < 4.78 is 0. The Morgan fingerprint density at radius 2 is 1.62 bits per heavy atom. The van der Waals surface area contributed by atoms with Crippen molar-refractivity contribution in [2.24, 2.45) is 5.92 Å². The molecule has 0 saturated carbocycles. The zero-order chi connectivity index (χ0) is 22.2. The maximum absolute atomic E-state index is 12.7. The first-order valence-corrected chi connectivity index (χ1v) is 11.0. The molecule has 1 aromatic heterocycles.